The maximum atomic E-state index is 13.4. The van der Waals surface area contributed by atoms with Crippen LogP contribution in [0.3, 0.4) is 0 Å². The number of nitrogens with zero attached hydrogens (tertiary/aromatic N) is 3. The molecular formula is C24H38FN3O5. The minimum absolute atomic E-state index is 0.0783. The Morgan fingerprint density at radius 2 is 1.88 bits per heavy atom. The van der Waals surface area contributed by atoms with E-state index in [4.69, 9.17) is 14.2 Å². The Hall–Kier alpha value is -1.62. The van der Waals surface area contributed by atoms with Crippen LogP contribution in [0, 0.1) is 5.82 Å². The number of benzene rings is 1. The molecule has 0 aliphatic carbocycles. The highest BCUT2D eigenvalue weighted by Crippen LogP contribution is 2.13. The topological polar surface area (TPSA) is 74.7 Å². The maximum absolute atomic E-state index is 13.4. The Kier molecular flexibility index (Phi) is 10.5. The van der Waals surface area contributed by atoms with E-state index >= 15 is 0 Å². The summed E-state index contributed by atoms with van der Waals surface area (Å²) < 4.78 is 30.3. The molecule has 1 amide bonds. The lowest BCUT2D eigenvalue weighted by atomic mass is 10.1. The number of hydrogen-bond donors (Lipinski definition) is 1. The quantitative estimate of drug-likeness (QED) is 0.522. The highest BCUT2D eigenvalue weighted by Gasteiger charge is 2.27. The Morgan fingerprint density at radius 1 is 1.18 bits per heavy atom. The molecule has 8 nitrogen and oxygen atoms in total. The van der Waals surface area contributed by atoms with Gasteiger partial charge in [-0.3, -0.25) is 14.6 Å². The van der Waals surface area contributed by atoms with Gasteiger partial charge in [-0.25, -0.2) is 4.39 Å². The fourth-order valence-electron chi connectivity index (χ4n) is 4.09. The van der Waals surface area contributed by atoms with Crippen LogP contribution >= 0.6 is 0 Å². The molecule has 2 aliphatic rings. The monoisotopic (exact) mass is 467 g/mol. The molecule has 1 aromatic carbocycles. The lowest BCUT2D eigenvalue weighted by molar-refractivity contribution is -0.0633. The van der Waals surface area contributed by atoms with E-state index in [-0.39, 0.29) is 23.9 Å². The lowest BCUT2D eigenvalue weighted by Gasteiger charge is -2.37. The number of carbonyl (C=O) groups is 1. The van der Waals surface area contributed by atoms with Gasteiger partial charge in [0.15, 0.2) is 0 Å². The van der Waals surface area contributed by atoms with E-state index < -0.39 is 6.10 Å². The minimum atomic E-state index is -0.565. The van der Waals surface area contributed by atoms with E-state index in [1.54, 1.807) is 4.90 Å². The summed E-state index contributed by atoms with van der Waals surface area (Å²) in [4.78, 5) is 19.5. The van der Waals surface area contributed by atoms with Gasteiger partial charge in [-0.2, -0.15) is 0 Å². The third-order valence-electron chi connectivity index (χ3n) is 5.91. The van der Waals surface area contributed by atoms with Crippen molar-refractivity contribution in [3.05, 3.63) is 35.6 Å². The van der Waals surface area contributed by atoms with Crippen molar-refractivity contribution in [3.8, 4) is 0 Å². The Bertz CT molecular complexity index is 715. The van der Waals surface area contributed by atoms with Gasteiger partial charge in [0, 0.05) is 57.9 Å². The maximum Gasteiger partial charge on any atom is 0.253 e. The fourth-order valence-corrected chi connectivity index (χ4v) is 4.09. The van der Waals surface area contributed by atoms with Crippen molar-refractivity contribution in [1.29, 1.82) is 0 Å². The minimum Gasteiger partial charge on any atom is -0.389 e. The van der Waals surface area contributed by atoms with Gasteiger partial charge in [-0.1, -0.05) is 0 Å². The molecule has 186 valence electrons. The first kappa shape index (κ1) is 26.0. The molecule has 9 heteroatoms. The van der Waals surface area contributed by atoms with Crippen molar-refractivity contribution >= 4 is 5.91 Å². The third-order valence-corrected chi connectivity index (χ3v) is 5.91. The molecule has 2 atom stereocenters. The molecule has 2 fully saturated rings. The molecule has 0 bridgehead atoms. The summed E-state index contributed by atoms with van der Waals surface area (Å²) >= 11 is 0. The second kappa shape index (κ2) is 13.3. The van der Waals surface area contributed by atoms with E-state index in [1.807, 2.05) is 13.8 Å². The van der Waals surface area contributed by atoms with Crippen LogP contribution in [-0.2, 0) is 14.2 Å². The molecule has 0 saturated carbocycles. The number of halogens is 1. The number of ether oxygens (including phenoxy) is 3. The molecule has 0 radical (unpaired) electrons. The standard InChI is InChI=1S/C24H38FN3O5/c1-19(2)33-18-22(29)15-27-11-14-32-23(16-27)17-28(8-7-26-9-12-31-13-10-26)24(30)20-3-5-21(25)6-4-20/h3-6,19,22-23,29H,7-18H2,1-2H3. The van der Waals surface area contributed by atoms with E-state index in [1.165, 1.54) is 24.3 Å². The summed E-state index contributed by atoms with van der Waals surface area (Å²) in [5.74, 6) is -0.493. The van der Waals surface area contributed by atoms with Crippen molar-refractivity contribution in [2.24, 2.45) is 0 Å². The van der Waals surface area contributed by atoms with E-state index in [2.05, 4.69) is 9.80 Å². The van der Waals surface area contributed by atoms with Crippen LogP contribution in [0.15, 0.2) is 24.3 Å². The summed E-state index contributed by atoms with van der Waals surface area (Å²) in [6.45, 7) is 11.5. The van der Waals surface area contributed by atoms with E-state index in [0.717, 1.165) is 26.2 Å². The van der Waals surface area contributed by atoms with Crippen LogP contribution in [0.4, 0.5) is 4.39 Å². The molecule has 0 spiro atoms. The number of β-amino-alcohol motifs (C(OH)–C–C–N with tert-alkyl or cyclic N) is 1. The van der Waals surface area contributed by atoms with Crippen molar-refractivity contribution < 1.29 is 28.5 Å². The van der Waals surface area contributed by atoms with Gasteiger partial charge >= 0.3 is 0 Å². The number of rotatable bonds is 11. The second-order valence-electron chi connectivity index (χ2n) is 9.00. The fraction of sp³-hybridized carbons (Fsp3) is 0.708. The summed E-state index contributed by atoms with van der Waals surface area (Å²) in [6.07, 6.45) is -0.648. The molecule has 2 heterocycles. The first-order valence-corrected chi connectivity index (χ1v) is 11.9. The lowest BCUT2D eigenvalue weighted by Crippen LogP contribution is -2.52. The highest BCUT2D eigenvalue weighted by molar-refractivity contribution is 5.94. The number of aliphatic hydroxyl groups excluding tert-OH is 1. The van der Waals surface area contributed by atoms with Gasteiger partial charge in [-0.15, -0.1) is 0 Å². The molecule has 33 heavy (non-hydrogen) atoms. The van der Waals surface area contributed by atoms with Crippen molar-refractivity contribution in [3.63, 3.8) is 0 Å². The van der Waals surface area contributed by atoms with Gasteiger partial charge < -0.3 is 24.2 Å². The zero-order chi connectivity index (χ0) is 23.6. The molecule has 2 unspecified atom stereocenters. The van der Waals surface area contributed by atoms with Gasteiger partial charge in [0.2, 0.25) is 0 Å². The Morgan fingerprint density at radius 3 is 2.58 bits per heavy atom. The van der Waals surface area contributed by atoms with Crippen LogP contribution in [0.1, 0.15) is 24.2 Å². The van der Waals surface area contributed by atoms with Gasteiger partial charge in [-0.05, 0) is 38.1 Å². The molecule has 2 aliphatic heterocycles. The second-order valence-corrected chi connectivity index (χ2v) is 9.00. The number of aliphatic hydroxyl groups is 1. The molecular weight excluding hydrogens is 429 g/mol. The Labute approximate surface area is 196 Å². The first-order chi connectivity index (χ1) is 15.9. The molecule has 0 aromatic heterocycles. The van der Waals surface area contributed by atoms with Gasteiger partial charge in [0.1, 0.15) is 5.82 Å². The number of carbonyl (C=O) groups excluding carboxylic acids is 1. The average Bonchev–Trinajstić information content (AvgIpc) is 2.81. The number of morpholine rings is 2. The first-order valence-electron chi connectivity index (χ1n) is 11.9. The van der Waals surface area contributed by atoms with Crippen LogP contribution in [0.2, 0.25) is 0 Å². The summed E-state index contributed by atoms with van der Waals surface area (Å²) in [6, 6.07) is 5.68. The smallest absolute Gasteiger partial charge is 0.253 e. The normalized spacial score (nSPS) is 21.3. The predicted molar refractivity (Wildman–Crippen MR) is 123 cm³/mol. The molecule has 1 N–H and O–H groups in total. The van der Waals surface area contributed by atoms with Crippen LogP contribution < -0.4 is 0 Å². The van der Waals surface area contributed by atoms with Crippen molar-refractivity contribution in [1.82, 2.24) is 14.7 Å². The summed E-state index contributed by atoms with van der Waals surface area (Å²) in [7, 11) is 0. The predicted octanol–water partition coefficient (Wildman–Crippen LogP) is 1.09. The Balaban J connectivity index is 1.58. The van der Waals surface area contributed by atoms with Crippen LogP contribution in [0.25, 0.3) is 0 Å². The number of amides is 1. The van der Waals surface area contributed by atoms with Crippen LogP contribution in [0.5, 0.6) is 0 Å². The van der Waals surface area contributed by atoms with Crippen molar-refractivity contribution in [2.45, 2.75) is 32.2 Å². The summed E-state index contributed by atoms with van der Waals surface area (Å²) in [5.41, 5.74) is 0.465. The zero-order valence-corrected chi connectivity index (χ0v) is 19.8. The molecule has 3 rings (SSSR count). The van der Waals surface area contributed by atoms with Crippen molar-refractivity contribution in [2.75, 3.05) is 78.8 Å². The highest BCUT2D eigenvalue weighted by atomic mass is 19.1. The third kappa shape index (κ3) is 8.92. The number of hydrogen-bond acceptors (Lipinski definition) is 7. The molecule has 1 aromatic rings. The molecule has 2 saturated heterocycles. The van der Waals surface area contributed by atoms with E-state index in [9.17, 15) is 14.3 Å². The average molecular weight is 468 g/mol. The van der Waals surface area contributed by atoms with Crippen LogP contribution in [-0.4, -0.2) is 123 Å². The zero-order valence-electron chi connectivity index (χ0n) is 19.8. The summed E-state index contributed by atoms with van der Waals surface area (Å²) in [5, 5.41) is 10.3. The largest absolute Gasteiger partial charge is 0.389 e. The SMILES string of the molecule is CC(C)OCC(O)CN1CCOC(CN(CCN2CCOCC2)C(=O)c2ccc(F)cc2)C1. The van der Waals surface area contributed by atoms with E-state index in [0.29, 0.717) is 58.2 Å². The van der Waals surface area contributed by atoms with Gasteiger partial charge in [0.25, 0.3) is 5.91 Å². The van der Waals surface area contributed by atoms with Gasteiger partial charge in [0.05, 0.1) is 44.7 Å².